The second kappa shape index (κ2) is 9.33. The Kier molecular flexibility index (Phi) is 6.44. The molecule has 5 rings (SSSR count). The summed E-state index contributed by atoms with van der Waals surface area (Å²) in [6, 6.07) is 12.9. The molecule has 0 radical (unpaired) electrons. The maximum atomic E-state index is 13.9. The maximum Gasteiger partial charge on any atom is 0.317 e. The van der Waals surface area contributed by atoms with E-state index in [9.17, 15) is 18.0 Å². The summed E-state index contributed by atoms with van der Waals surface area (Å²) < 4.78 is 25.4. The molecule has 196 valence electrons. The molecular formula is C26H30ClN5O4S. The van der Waals surface area contributed by atoms with Crippen molar-refractivity contribution in [2.24, 2.45) is 0 Å². The van der Waals surface area contributed by atoms with Crippen LogP contribution in [0.5, 0.6) is 0 Å². The molecule has 1 spiro atoms. The standard InChI is InChI=1S/C26H30ClN5O4S/c1-17(2)28-25(34)30-15-26(16-30)19-7-4-5-8-21(19)32(24(26)33)14-23-29-20-13-18(27)9-10-22(20)31(23)11-6-12-37(3,35)36/h4-5,7-10,13,17H,6,11-12,14-16H2,1-3H3,(H,28,34). The highest BCUT2D eigenvalue weighted by molar-refractivity contribution is 7.90. The summed E-state index contributed by atoms with van der Waals surface area (Å²) in [5, 5.41) is 3.44. The van der Waals surface area contributed by atoms with Crippen molar-refractivity contribution in [1.82, 2.24) is 19.8 Å². The number of fused-ring (bicyclic) bond motifs is 3. The Morgan fingerprint density at radius 3 is 2.62 bits per heavy atom. The Labute approximate surface area is 221 Å². The summed E-state index contributed by atoms with van der Waals surface area (Å²) >= 11 is 6.21. The lowest BCUT2D eigenvalue weighted by Crippen LogP contribution is -2.67. The van der Waals surface area contributed by atoms with E-state index < -0.39 is 15.3 Å². The molecule has 3 heterocycles. The molecule has 11 heteroatoms. The van der Waals surface area contributed by atoms with Gasteiger partial charge in [-0.2, -0.15) is 0 Å². The summed E-state index contributed by atoms with van der Waals surface area (Å²) in [4.78, 5) is 34.6. The number of amides is 3. The summed E-state index contributed by atoms with van der Waals surface area (Å²) in [7, 11) is -3.11. The van der Waals surface area contributed by atoms with Gasteiger partial charge in [0.2, 0.25) is 5.91 Å². The van der Waals surface area contributed by atoms with E-state index in [0.717, 1.165) is 16.8 Å². The number of sulfone groups is 1. The van der Waals surface area contributed by atoms with E-state index in [-0.39, 0.29) is 30.3 Å². The number of nitrogens with zero attached hydrogens (tertiary/aromatic N) is 4. The highest BCUT2D eigenvalue weighted by Crippen LogP contribution is 2.47. The predicted molar refractivity (Wildman–Crippen MR) is 144 cm³/mol. The number of hydrogen-bond donors (Lipinski definition) is 1. The molecule has 2 aliphatic heterocycles. The third kappa shape index (κ3) is 4.68. The van der Waals surface area contributed by atoms with Crippen LogP contribution in [0, 0.1) is 0 Å². The van der Waals surface area contributed by atoms with Crippen LogP contribution >= 0.6 is 11.6 Å². The molecule has 2 aliphatic rings. The number of nitrogens with one attached hydrogen (secondary N) is 1. The molecule has 37 heavy (non-hydrogen) atoms. The first-order chi connectivity index (χ1) is 17.5. The van der Waals surface area contributed by atoms with Gasteiger partial charge in [0.1, 0.15) is 21.1 Å². The number of urea groups is 1. The number of imidazole rings is 1. The summed E-state index contributed by atoms with van der Waals surface area (Å²) in [6.45, 7) is 5.11. The lowest BCUT2D eigenvalue weighted by molar-refractivity contribution is -0.127. The Bertz CT molecular complexity index is 1490. The smallest absolute Gasteiger partial charge is 0.317 e. The first kappa shape index (κ1) is 25.5. The van der Waals surface area contributed by atoms with Gasteiger partial charge in [0.25, 0.3) is 0 Å². The van der Waals surface area contributed by atoms with E-state index >= 15 is 0 Å². The average Bonchev–Trinajstić information content (AvgIpc) is 3.23. The van der Waals surface area contributed by atoms with Crippen molar-refractivity contribution in [3.63, 3.8) is 0 Å². The number of anilines is 1. The molecule has 1 aromatic heterocycles. The van der Waals surface area contributed by atoms with Crippen molar-refractivity contribution in [3.05, 3.63) is 58.9 Å². The lowest BCUT2D eigenvalue weighted by Gasteiger charge is -2.46. The SMILES string of the molecule is CC(C)NC(=O)N1CC2(C1)C(=O)N(Cc1nc3cc(Cl)ccc3n1CCCS(C)(=O)=O)c1ccccc12. The van der Waals surface area contributed by atoms with Crippen LogP contribution in [0.15, 0.2) is 42.5 Å². The second-order valence-electron chi connectivity index (χ2n) is 10.2. The van der Waals surface area contributed by atoms with Gasteiger partial charge in [-0.1, -0.05) is 29.8 Å². The average molecular weight is 544 g/mol. The molecule has 0 bridgehead atoms. The number of carbonyl (C=O) groups is 2. The number of para-hydroxylation sites is 1. The van der Waals surface area contributed by atoms with Crippen LogP contribution in [0.4, 0.5) is 10.5 Å². The molecule has 1 N–H and O–H groups in total. The Hall–Kier alpha value is -3.11. The van der Waals surface area contributed by atoms with Gasteiger partial charge in [0, 0.05) is 42.6 Å². The van der Waals surface area contributed by atoms with E-state index in [4.69, 9.17) is 16.6 Å². The molecule has 0 aliphatic carbocycles. The molecule has 3 aromatic rings. The monoisotopic (exact) mass is 543 g/mol. The van der Waals surface area contributed by atoms with Crippen molar-refractivity contribution >= 4 is 50.1 Å². The molecule has 2 aromatic carbocycles. The molecular weight excluding hydrogens is 514 g/mol. The van der Waals surface area contributed by atoms with Gasteiger partial charge in [-0.05, 0) is 50.1 Å². The number of likely N-dealkylation sites (tertiary alicyclic amines) is 1. The topological polar surface area (TPSA) is 105 Å². The molecule has 0 unspecified atom stereocenters. The van der Waals surface area contributed by atoms with E-state index in [1.54, 1.807) is 21.9 Å². The van der Waals surface area contributed by atoms with Crippen LogP contribution in [0.2, 0.25) is 5.02 Å². The van der Waals surface area contributed by atoms with Crippen LogP contribution in [0.25, 0.3) is 11.0 Å². The van der Waals surface area contributed by atoms with Gasteiger partial charge < -0.3 is 19.7 Å². The van der Waals surface area contributed by atoms with Crippen molar-refractivity contribution in [2.45, 2.75) is 44.8 Å². The Balaban J connectivity index is 1.46. The zero-order chi connectivity index (χ0) is 26.5. The quantitative estimate of drug-likeness (QED) is 0.492. The minimum absolute atomic E-state index is 0.0105. The van der Waals surface area contributed by atoms with Crippen molar-refractivity contribution in [1.29, 1.82) is 0 Å². The van der Waals surface area contributed by atoms with E-state index in [2.05, 4.69) is 5.32 Å². The molecule has 0 atom stereocenters. The van der Waals surface area contributed by atoms with Gasteiger partial charge in [-0.15, -0.1) is 0 Å². The highest BCUT2D eigenvalue weighted by atomic mass is 35.5. The Morgan fingerprint density at radius 2 is 1.92 bits per heavy atom. The van der Waals surface area contributed by atoms with Gasteiger partial charge in [0.05, 0.1) is 23.3 Å². The maximum absolute atomic E-state index is 13.9. The zero-order valence-electron chi connectivity index (χ0n) is 21.1. The molecule has 1 saturated heterocycles. The number of aromatic nitrogens is 2. The van der Waals surface area contributed by atoms with Crippen molar-refractivity contribution in [3.8, 4) is 0 Å². The molecule has 1 fully saturated rings. The summed E-state index contributed by atoms with van der Waals surface area (Å²) in [5.41, 5.74) is 2.47. The largest absolute Gasteiger partial charge is 0.336 e. The molecule has 3 amide bonds. The van der Waals surface area contributed by atoms with Crippen LogP contribution in [0.1, 0.15) is 31.7 Å². The number of hydrogen-bond acceptors (Lipinski definition) is 5. The van der Waals surface area contributed by atoms with E-state index in [1.807, 2.05) is 48.7 Å². The molecule has 9 nitrogen and oxygen atoms in total. The fourth-order valence-corrected chi connectivity index (χ4v) is 6.12. The summed E-state index contributed by atoms with van der Waals surface area (Å²) in [5.74, 6) is 0.650. The Morgan fingerprint density at radius 1 is 1.19 bits per heavy atom. The summed E-state index contributed by atoms with van der Waals surface area (Å²) in [6.07, 6.45) is 1.65. The van der Waals surface area contributed by atoms with Crippen molar-refractivity contribution in [2.75, 3.05) is 30.0 Å². The van der Waals surface area contributed by atoms with Gasteiger partial charge in [0.15, 0.2) is 0 Å². The van der Waals surface area contributed by atoms with Gasteiger partial charge in [-0.25, -0.2) is 18.2 Å². The van der Waals surface area contributed by atoms with Crippen LogP contribution < -0.4 is 10.2 Å². The lowest BCUT2D eigenvalue weighted by atomic mass is 9.75. The number of aryl methyl sites for hydroxylation is 1. The third-order valence-corrected chi connectivity index (χ3v) is 8.24. The number of benzene rings is 2. The number of carbonyl (C=O) groups excluding carboxylic acids is 2. The fourth-order valence-electron chi connectivity index (χ4n) is 5.30. The van der Waals surface area contributed by atoms with Crippen molar-refractivity contribution < 1.29 is 18.0 Å². The first-order valence-electron chi connectivity index (χ1n) is 12.3. The highest BCUT2D eigenvalue weighted by Gasteiger charge is 2.59. The minimum Gasteiger partial charge on any atom is -0.336 e. The number of rotatable bonds is 7. The predicted octanol–water partition coefficient (Wildman–Crippen LogP) is 3.34. The minimum atomic E-state index is -3.11. The third-order valence-electron chi connectivity index (χ3n) is 6.97. The normalized spacial score (nSPS) is 16.5. The second-order valence-corrected chi connectivity index (χ2v) is 12.9. The van der Waals surface area contributed by atoms with Crippen LogP contribution in [0.3, 0.4) is 0 Å². The van der Waals surface area contributed by atoms with Crippen LogP contribution in [-0.2, 0) is 33.1 Å². The van der Waals surface area contributed by atoms with E-state index in [1.165, 1.54) is 6.26 Å². The van der Waals surface area contributed by atoms with Gasteiger partial charge in [-0.3, -0.25) is 4.79 Å². The van der Waals surface area contributed by atoms with Crippen LogP contribution in [-0.4, -0.2) is 65.9 Å². The first-order valence-corrected chi connectivity index (χ1v) is 14.7. The van der Waals surface area contributed by atoms with Gasteiger partial charge >= 0.3 is 6.03 Å². The number of halogens is 1. The van der Waals surface area contributed by atoms with E-state index in [0.29, 0.717) is 42.4 Å². The fraction of sp³-hybridized carbons (Fsp3) is 0.423. The molecule has 0 saturated carbocycles. The zero-order valence-corrected chi connectivity index (χ0v) is 22.6.